The van der Waals surface area contributed by atoms with E-state index in [1.54, 1.807) is 14.2 Å². The third-order valence-corrected chi connectivity index (χ3v) is 7.01. The number of thioether (sulfide) groups is 1. The number of ether oxygens (including phenoxy) is 2. The summed E-state index contributed by atoms with van der Waals surface area (Å²) in [4.78, 5) is 15.2. The number of carbonyl (C=O) groups excluding carboxylic acids is 1. The van der Waals surface area contributed by atoms with Crippen molar-refractivity contribution < 1.29 is 14.3 Å². The van der Waals surface area contributed by atoms with Crippen LogP contribution in [0.1, 0.15) is 41.4 Å². The first-order valence-corrected chi connectivity index (χ1v) is 12.0. The Balaban J connectivity index is 1.53. The van der Waals surface area contributed by atoms with Gasteiger partial charge in [0.25, 0.3) is 0 Å². The second-order valence-electron chi connectivity index (χ2n) is 8.30. The van der Waals surface area contributed by atoms with Crippen molar-refractivity contribution in [1.82, 2.24) is 19.7 Å². The SMILES string of the molecule is COc1ccc(C2CCCN2C(=O)CSc2nnc(C)n2-c2cc(C)ccc2C)c(OC)c1. The van der Waals surface area contributed by atoms with E-state index in [0.717, 1.165) is 58.7 Å². The molecule has 0 bridgehead atoms. The third-order valence-electron chi connectivity index (χ3n) is 6.10. The van der Waals surface area contributed by atoms with Crippen LogP contribution in [0.5, 0.6) is 11.5 Å². The molecule has 4 rings (SSSR count). The smallest absolute Gasteiger partial charge is 0.233 e. The summed E-state index contributed by atoms with van der Waals surface area (Å²) in [5.41, 5.74) is 4.38. The van der Waals surface area contributed by atoms with Crippen LogP contribution >= 0.6 is 11.8 Å². The molecular weight excluding hydrogens is 436 g/mol. The van der Waals surface area contributed by atoms with Crippen molar-refractivity contribution in [3.8, 4) is 17.2 Å². The Hall–Kier alpha value is -3.00. The van der Waals surface area contributed by atoms with Crippen molar-refractivity contribution in [2.24, 2.45) is 0 Å². The molecule has 33 heavy (non-hydrogen) atoms. The zero-order chi connectivity index (χ0) is 23.5. The number of aromatic nitrogens is 3. The molecule has 0 radical (unpaired) electrons. The number of rotatable bonds is 7. The molecule has 0 aliphatic carbocycles. The van der Waals surface area contributed by atoms with Crippen LogP contribution in [0.15, 0.2) is 41.6 Å². The largest absolute Gasteiger partial charge is 0.497 e. The standard InChI is InChI=1S/C25H30N4O3S/c1-16-8-9-17(2)22(13-16)29-18(3)26-27-25(29)33-15-24(30)28-12-6-7-21(28)20-11-10-19(31-4)14-23(20)32-5/h8-11,13-14,21H,6-7,12,15H2,1-5H3. The van der Waals surface area contributed by atoms with Gasteiger partial charge in [0.1, 0.15) is 17.3 Å². The molecule has 3 aromatic rings. The lowest BCUT2D eigenvalue weighted by Gasteiger charge is -2.26. The topological polar surface area (TPSA) is 69.5 Å². The van der Waals surface area contributed by atoms with Gasteiger partial charge < -0.3 is 14.4 Å². The molecule has 1 unspecified atom stereocenters. The molecule has 1 aromatic heterocycles. The highest BCUT2D eigenvalue weighted by Crippen LogP contribution is 2.39. The maximum Gasteiger partial charge on any atom is 0.233 e. The predicted molar refractivity (Wildman–Crippen MR) is 130 cm³/mol. The van der Waals surface area contributed by atoms with E-state index >= 15 is 0 Å². The molecule has 0 N–H and O–H groups in total. The molecule has 2 aromatic carbocycles. The van der Waals surface area contributed by atoms with Crippen LogP contribution in [-0.4, -0.2) is 52.1 Å². The van der Waals surface area contributed by atoms with Crippen LogP contribution in [0, 0.1) is 20.8 Å². The maximum atomic E-state index is 13.3. The third kappa shape index (κ3) is 4.71. The van der Waals surface area contributed by atoms with Gasteiger partial charge in [-0.3, -0.25) is 9.36 Å². The van der Waals surface area contributed by atoms with Crippen LogP contribution in [0.3, 0.4) is 0 Å². The summed E-state index contributed by atoms with van der Waals surface area (Å²) < 4.78 is 13.0. The Kier molecular flexibility index (Phi) is 6.93. The van der Waals surface area contributed by atoms with Gasteiger partial charge in [-0.15, -0.1) is 10.2 Å². The van der Waals surface area contributed by atoms with Crippen LogP contribution in [-0.2, 0) is 4.79 Å². The molecule has 174 valence electrons. The van der Waals surface area contributed by atoms with Crippen molar-refractivity contribution in [2.75, 3.05) is 26.5 Å². The average Bonchev–Trinajstić information content (AvgIpc) is 3.45. The van der Waals surface area contributed by atoms with E-state index in [4.69, 9.17) is 9.47 Å². The van der Waals surface area contributed by atoms with Gasteiger partial charge in [0.05, 0.1) is 31.7 Å². The van der Waals surface area contributed by atoms with Gasteiger partial charge in [0, 0.05) is 18.2 Å². The summed E-state index contributed by atoms with van der Waals surface area (Å²) in [5.74, 6) is 2.69. The van der Waals surface area contributed by atoms with E-state index in [9.17, 15) is 4.79 Å². The Morgan fingerprint density at radius 2 is 1.91 bits per heavy atom. The van der Waals surface area contributed by atoms with Gasteiger partial charge in [-0.05, 0) is 62.9 Å². The van der Waals surface area contributed by atoms with Crippen LogP contribution in [0.4, 0.5) is 0 Å². The number of aryl methyl sites for hydroxylation is 3. The zero-order valence-corrected chi connectivity index (χ0v) is 20.6. The van der Waals surface area contributed by atoms with Crippen molar-refractivity contribution in [2.45, 2.75) is 44.8 Å². The first-order chi connectivity index (χ1) is 15.9. The van der Waals surface area contributed by atoms with Crippen LogP contribution in [0.25, 0.3) is 5.69 Å². The molecule has 0 saturated carbocycles. The van der Waals surface area contributed by atoms with Crippen LogP contribution in [0.2, 0.25) is 0 Å². The average molecular weight is 467 g/mol. The quantitative estimate of drug-likeness (QED) is 0.472. The summed E-state index contributed by atoms with van der Waals surface area (Å²) in [5, 5.41) is 9.36. The predicted octanol–water partition coefficient (Wildman–Crippen LogP) is 4.67. The fraction of sp³-hybridized carbons (Fsp3) is 0.400. The highest BCUT2D eigenvalue weighted by Gasteiger charge is 2.32. The number of carbonyl (C=O) groups is 1. The van der Waals surface area contributed by atoms with E-state index in [1.807, 2.05) is 34.6 Å². The van der Waals surface area contributed by atoms with Gasteiger partial charge in [0.15, 0.2) is 5.16 Å². The molecule has 1 saturated heterocycles. The van der Waals surface area contributed by atoms with Gasteiger partial charge in [-0.25, -0.2) is 0 Å². The summed E-state index contributed by atoms with van der Waals surface area (Å²) in [7, 11) is 3.29. The van der Waals surface area contributed by atoms with Gasteiger partial charge >= 0.3 is 0 Å². The Morgan fingerprint density at radius 3 is 2.67 bits per heavy atom. The van der Waals surface area contributed by atoms with Crippen LogP contribution < -0.4 is 9.47 Å². The van der Waals surface area contributed by atoms with Gasteiger partial charge in [-0.2, -0.15) is 0 Å². The van der Waals surface area contributed by atoms with Crippen molar-refractivity contribution in [3.05, 3.63) is 58.9 Å². The minimum Gasteiger partial charge on any atom is -0.497 e. The molecular formula is C25H30N4O3S. The second kappa shape index (κ2) is 9.87. The highest BCUT2D eigenvalue weighted by atomic mass is 32.2. The minimum absolute atomic E-state index is 0.00224. The van der Waals surface area contributed by atoms with Crippen molar-refractivity contribution >= 4 is 17.7 Å². The zero-order valence-electron chi connectivity index (χ0n) is 19.8. The molecule has 1 amide bonds. The number of nitrogens with zero attached hydrogens (tertiary/aromatic N) is 4. The molecule has 1 aliphatic heterocycles. The lowest BCUT2D eigenvalue weighted by Crippen LogP contribution is -2.32. The van der Waals surface area contributed by atoms with E-state index in [0.29, 0.717) is 5.75 Å². The number of likely N-dealkylation sites (tertiary alicyclic amines) is 1. The lowest BCUT2D eigenvalue weighted by atomic mass is 10.0. The Bertz CT molecular complexity index is 1160. The van der Waals surface area contributed by atoms with E-state index in [-0.39, 0.29) is 11.9 Å². The second-order valence-corrected chi connectivity index (χ2v) is 9.24. The first-order valence-electron chi connectivity index (χ1n) is 11.1. The van der Waals surface area contributed by atoms with E-state index in [2.05, 4.69) is 42.2 Å². The summed E-state index contributed by atoms with van der Waals surface area (Å²) in [6.45, 7) is 6.82. The molecule has 7 nitrogen and oxygen atoms in total. The fourth-order valence-corrected chi connectivity index (χ4v) is 5.24. The number of hydrogen-bond acceptors (Lipinski definition) is 6. The van der Waals surface area contributed by atoms with Crippen molar-refractivity contribution in [1.29, 1.82) is 0 Å². The van der Waals surface area contributed by atoms with E-state index < -0.39 is 0 Å². The molecule has 1 atom stereocenters. The van der Waals surface area contributed by atoms with Gasteiger partial charge in [-0.1, -0.05) is 23.9 Å². The summed E-state index contributed by atoms with van der Waals surface area (Å²) >= 11 is 1.43. The summed E-state index contributed by atoms with van der Waals surface area (Å²) in [6.07, 6.45) is 1.88. The molecule has 0 spiro atoms. The highest BCUT2D eigenvalue weighted by molar-refractivity contribution is 7.99. The molecule has 2 heterocycles. The number of methoxy groups -OCH3 is 2. The minimum atomic E-state index is -0.00224. The maximum absolute atomic E-state index is 13.3. The number of benzene rings is 2. The van der Waals surface area contributed by atoms with Crippen molar-refractivity contribution in [3.63, 3.8) is 0 Å². The molecule has 1 aliphatic rings. The first kappa shape index (κ1) is 23.2. The monoisotopic (exact) mass is 466 g/mol. The Labute approximate surface area is 199 Å². The summed E-state index contributed by atoms with van der Waals surface area (Å²) in [6, 6.07) is 12.1. The lowest BCUT2D eigenvalue weighted by molar-refractivity contribution is -0.129. The Morgan fingerprint density at radius 1 is 1.09 bits per heavy atom. The number of amides is 1. The normalized spacial score (nSPS) is 15.7. The molecule has 8 heteroatoms. The van der Waals surface area contributed by atoms with E-state index in [1.165, 1.54) is 17.3 Å². The molecule has 1 fully saturated rings. The number of hydrogen-bond donors (Lipinski definition) is 0. The fourth-order valence-electron chi connectivity index (χ4n) is 4.37. The van der Waals surface area contributed by atoms with Gasteiger partial charge in [0.2, 0.25) is 5.91 Å².